The average molecular weight is 273 g/mol. The predicted molar refractivity (Wildman–Crippen MR) is 74.9 cm³/mol. The normalized spacial score (nSPS) is 11.4. The molecular weight excluding hydrogens is 252 g/mol. The van der Waals surface area contributed by atoms with Crippen molar-refractivity contribution in [2.45, 2.75) is 19.6 Å². The van der Waals surface area contributed by atoms with E-state index in [0.29, 0.717) is 13.2 Å². The molecule has 1 amide bonds. The first-order chi connectivity index (χ1) is 8.22. The minimum atomic E-state index is -0.0805. The number of nitrogens with one attached hydrogen (secondary N) is 2. The Morgan fingerprint density at radius 1 is 1.33 bits per heavy atom. The van der Waals surface area contributed by atoms with Gasteiger partial charge in [0.25, 0.3) is 0 Å². The Kier molecular flexibility index (Phi) is 9.28. The molecule has 0 aliphatic carbocycles. The highest BCUT2D eigenvalue weighted by molar-refractivity contribution is 5.85. The van der Waals surface area contributed by atoms with E-state index in [-0.39, 0.29) is 31.0 Å². The molecule has 5 heteroatoms. The molecule has 4 nitrogen and oxygen atoms in total. The molecule has 1 unspecified atom stereocenters. The van der Waals surface area contributed by atoms with Crippen LogP contribution >= 0.6 is 12.4 Å². The van der Waals surface area contributed by atoms with Crippen molar-refractivity contribution in [3.63, 3.8) is 0 Å². The summed E-state index contributed by atoms with van der Waals surface area (Å²) in [6.07, 6.45) is 0. The van der Waals surface area contributed by atoms with E-state index in [1.807, 2.05) is 44.3 Å². The Bertz CT molecular complexity index is 333. The second-order valence-electron chi connectivity index (χ2n) is 3.97. The van der Waals surface area contributed by atoms with E-state index in [4.69, 9.17) is 4.74 Å². The fourth-order valence-electron chi connectivity index (χ4n) is 1.26. The van der Waals surface area contributed by atoms with E-state index in [1.165, 1.54) is 0 Å². The number of likely N-dealkylation sites (N-methyl/N-ethyl adjacent to an activating group) is 1. The lowest BCUT2D eigenvalue weighted by Gasteiger charge is -2.11. The fourth-order valence-corrected chi connectivity index (χ4v) is 1.26. The van der Waals surface area contributed by atoms with Crippen molar-refractivity contribution in [3.8, 4) is 0 Å². The van der Waals surface area contributed by atoms with Gasteiger partial charge in [0.05, 0.1) is 6.61 Å². The first-order valence-electron chi connectivity index (χ1n) is 5.78. The molecule has 0 bridgehead atoms. The molecule has 102 valence electrons. The average Bonchev–Trinajstić information content (AvgIpc) is 2.37. The first-order valence-corrected chi connectivity index (χ1v) is 5.78. The van der Waals surface area contributed by atoms with Gasteiger partial charge in [-0.3, -0.25) is 4.79 Å². The van der Waals surface area contributed by atoms with Gasteiger partial charge >= 0.3 is 0 Å². The van der Waals surface area contributed by atoms with Crippen LogP contribution in [-0.4, -0.2) is 32.1 Å². The van der Waals surface area contributed by atoms with Gasteiger partial charge in [-0.2, -0.15) is 0 Å². The Morgan fingerprint density at radius 3 is 2.61 bits per heavy atom. The van der Waals surface area contributed by atoms with Crippen LogP contribution in [-0.2, 0) is 16.1 Å². The molecule has 1 atom stereocenters. The van der Waals surface area contributed by atoms with E-state index in [1.54, 1.807) is 0 Å². The molecule has 1 aromatic rings. The minimum absolute atomic E-state index is 0. The molecule has 0 heterocycles. The molecule has 0 aromatic heterocycles. The van der Waals surface area contributed by atoms with Crippen molar-refractivity contribution in [1.82, 2.24) is 10.6 Å². The molecular formula is C13H21ClN2O2. The van der Waals surface area contributed by atoms with Crippen LogP contribution in [0.5, 0.6) is 0 Å². The third kappa shape index (κ3) is 7.27. The summed E-state index contributed by atoms with van der Waals surface area (Å²) in [7, 11) is 1.86. The lowest BCUT2D eigenvalue weighted by molar-refractivity contribution is -0.126. The predicted octanol–water partition coefficient (Wildman–Crippen LogP) is 1.35. The van der Waals surface area contributed by atoms with Crippen LogP contribution in [0, 0.1) is 0 Å². The van der Waals surface area contributed by atoms with Crippen LogP contribution in [0.2, 0.25) is 0 Å². The lowest BCUT2D eigenvalue weighted by atomic mass is 10.2. The molecule has 0 aliphatic rings. The molecule has 1 aromatic carbocycles. The molecule has 2 N–H and O–H groups in total. The van der Waals surface area contributed by atoms with Crippen molar-refractivity contribution in [1.29, 1.82) is 0 Å². The molecule has 0 aliphatic heterocycles. The van der Waals surface area contributed by atoms with Gasteiger partial charge in [0, 0.05) is 12.6 Å². The fraction of sp³-hybridized carbons (Fsp3) is 0.462. The summed E-state index contributed by atoms with van der Waals surface area (Å²) in [6, 6.07) is 10.1. The smallest absolute Gasteiger partial charge is 0.246 e. The summed E-state index contributed by atoms with van der Waals surface area (Å²) in [5.41, 5.74) is 1.07. The second-order valence-corrected chi connectivity index (χ2v) is 3.97. The third-order valence-electron chi connectivity index (χ3n) is 2.44. The van der Waals surface area contributed by atoms with E-state index in [0.717, 1.165) is 5.56 Å². The Labute approximate surface area is 115 Å². The first kappa shape index (κ1) is 16.9. The monoisotopic (exact) mass is 272 g/mol. The van der Waals surface area contributed by atoms with Gasteiger partial charge in [0.2, 0.25) is 5.91 Å². The summed E-state index contributed by atoms with van der Waals surface area (Å²) >= 11 is 0. The van der Waals surface area contributed by atoms with Crippen molar-refractivity contribution < 1.29 is 9.53 Å². The highest BCUT2D eigenvalue weighted by atomic mass is 35.5. The van der Waals surface area contributed by atoms with Crippen molar-refractivity contribution in [2.75, 3.05) is 20.2 Å². The number of rotatable bonds is 7. The van der Waals surface area contributed by atoms with Gasteiger partial charge in [-0.15, -0.1) is 12.4 Å². The van der Waals surface area contributed by atoms with E-state index >= 15 is 0 Å². The maximum atomic E-state index is 11.4. The number of carbonyl (C=O) groups excluding carboxylic acids is 1. The molecule has 0 spiro atoms. The largest absolute Gasteiger partial charge is 0.367 e. The Balaban J connectivity index is 0.00000289. The van der Waals surface area contributed by atoms with Crippen LogP contribution in [0.25, 0.3) is 0 Å². The summed E-state index contributed by atoms with van der Waals surface area (Å²) in [5, 5.41) is 5.84. The molecule has 1 rings (SSSR count). The topological polar surface area (TPSA) is 50.4 Å². The summed E-state index contributed by atoms with van der Waals surface area (Å²) in [5.74, 6) is -0.0805. The van der Waals surface area contributed by atoms with Gasteiger partial charge in [0.15, 0.2) is 0 Å². The van der Waals surface area contributed by atoms with E-state index < -0.39 is 0 Å². The minimum Gasteiger partial charge on any atom is -0.367 e. The maximum Gasteiger partial charge on any atom is 0.246 e. The SMILES string of the molecule is CNC(C)CNC(=O)COCc1ccccc1.Cl. The standard InChI is InChI=1S/C13H20N2O2.ClH/c1-11(14-2)8-15-13(16)10-17-9-12-6-4-3-5-7-12;/h3-7,11,14H,8-10H2,1-2H3,(H,15,16);1H. The van der Waals surface area contributed by atoms with Crippen LogP contribution in [0.3, 0.4) is 0 Å². The summed E-state index contributed by atoms with van der Waals surface area (Å²) in [6.45, 7) is 3.19. The van der Waals surface area contributed by atoms with Gasteiger partial charge in [-0.25, -0.2) is 0 Å². The summed E-state index contributed by atoms with van der Waals surface area (Å²) in [4.78, 5) is 11.4. The van der Waals surface area contributed by atoms with Crippen LogP contribution in [0.15, 0.2) is 30.3 Å². The Morgan fingerprint density at radius 2 is 2.00 bits per heavy atom. The van der Waals surface area contributed by atoms with E-state index in [2.05, 4.69) is 10.6 Å². The molecule has 0 saturated heterocycles. The highest BCUT2D eigenvalue weighted by Gasteiger charge is 2.03. The zero-order valence-electron chi connectivity index (χ0n) is 10.8. The number of hydrogen-bond donors (Lipinski definition) is 2. The van der Waals surface area contributed by atoms with Crippen LogP contribution in [0.1, 0.15) is 12.5 Å². The van der Waals surface area contributed by atoms with Crippen LogP contribution < -0.4 is 10.6 Å². The number of halogens is 1. The van der Waals surface area contributed by atoms with Gasteiger partial charge < -0.3 is 15.4 Å². The van der Waals surface area contributed by atoms with Crippen molar-refractivity contribution in [2.24, 2.45) is 0 Å². The van der Waals surface area contributed by atoms with Gasteiger partial charge in [0.1, 0.15) is 6.61 Å². The van der Waals surface area contributed by atoms with Crippen molar-refractivity contribution >= 4 is 18.3 Å². The molecule has 0 saturated carbocycles. The zero-order chi connectivity index (χ0) is 12.5. The maximum absolute atomic E-state index is 11.4. The Hall–Kier alpha value is -1.10. The number of ether oxygens (including phenoxy) is 1. The number of carbonyl (C=O) groups is 1. The van der Waals surface area contributed by atoms with Gasteiger partial charge in [-0.05, 0) is 19.5 Å². The third-order valence-corrected chi connectivity index (χ3v) is 2.44. The lowest BCUT2D eigenvalue weighted by Crippen LogP contribution is -2.38. The molecule has 0 fully saturated rings. The quantitative estimate of drug-likeness (QED) is 0.788. The molecule has 18 heavy (non-hydrogen) atoms. The van der Waals surface area contributed by atoms with Crippen molar-refractivity contribution in [3.05, 3.63) is 35.9 Å². The number of hydrogen-bond acceptors (Lipinski definition) is 3. The summed E-state index contributed by atoms with van der Waals surface area (Å²) < 4.78 is 5.31. The van der Waals surface area contributed by atoms with Gasteiger partial charge in [-0.1, -0.05) is 30.3 Å². The number of amides is 1. The van der Waals surface area contributed by atoms with Crippen LogP contribution in [0.4, 0.5) is 0 Å². The molecule has 0 radical (unpaired) electrons. The number of benzene rings is 1. The zero-order valence-corrected chi connectivity index (χ0v) is 11.6. The second kappa shape index (κ2) is 9.88. The van der Waals surface area contributed by atoms with E-state index in [9.17, 15) is 4.79 Å². The highest BCUT2D eigenvalue weighted by Crippen LogP contribution is 1.99.